The van der Waals surface area contributed by atoms with Crippen molar-refractivity contribution in [1.29, 1.82) is 5.26 Å². The molecule has 8 nitrogen and oxygen atoms in total. The number of hydrogen-bond donors (Lipinski definition) is 1. The average molecular weight is 285 g/mol. The molecule has 0 aliphatic carbocycles. The van der Waals surface area contributed by atoms with Crippen LogP contribution in [0, 0.1) is 21.4 Å². The lowest BCUT2D eigenvalue weighted by molar-refractivity contribution is -0.389. The van der Waals surface area contributed by atoms with Crippen molar-refractivity contribution in [2.75, 3.05) is 5.32 Å². The summed E-state index contributed by atoms with van der Waals surface area (Å²) in [6.45, 7) is 1.56. The Morgan fingerprint density at radius 2 is 2.19 bits per heavy atom. The second-order valence-electron chi connectivity index (χ2n) is 4.23. The number of carbonyl (C=O) groups excluding carboxylic acids is 1. The molecule has 0 radical (unpaired) electrons. The van der Waals surface area contributed by atoms with Crippen molar-refractivity contribution in [1.82, 2.24) is 9.78 Å². The summed E-state index contributed by atoms with van der Waals surface area (Å²) in [5.41, 5.74) is 0.725. The highest BCUT2D eigenvalue weighted by molar-refractivity contribution is 5.94. The van der Waals surface area contributed by atoms with Crippen LogP contribution in [0.5, 0.6) is 0 Å². The van der Waals surface area contributed by atoms with Crippen LogP contribution in [0.1, 0.15) is 18.5 Å². The molecule has 1 heterocycles. The summed E-state index contributed by atoms with van der Waals surface area (Å²) in [6.07, 6.45) is 1.36. The van der Waals surface area contributed by atoms with E-state index >= 15 is 0 Å². The van der Waals surface area contributed by atoms with Crippen LogP contribution in [0.2, 0.25) is 0 Å². The molecule has 2 rings (SSSR count). The summed E-state index contributed by atoms with van der Waals surface area (Å²) in [5.74, 6) is -0.747. The number of para-hydroxylation sites is 1. The number of nitro groups is 1. The molecule has 106 valence electrons. The van der Waals surface area contributed by atoms with Gasteiger partial charge in [0.2, 0.25) is 0 Å². The smallest absolute Gasteiger partial charge is 0.358 e. The van der Waals surface area contributed by atoms with E-state index in [9.17, 15) is 14.9 Å². The topological polar surface area (TPSA) is 114 Å². The maximum Gasteiger partial charge on any atom is 0.389 e. The predicted octanol–water partition coefficient (Wildman–Crippen LogP) is 1.86. The summed E-state index contributed by atoms with van der Waals surface area (Å²) in [6, 6.07) is 9.01. The van der Waals surface area contributed by atoms with Crippen molar-refractivity contribution < 1.29 is 9.72 Å². The molecule has 1 unspecified atom stereocenters. The van der Waals surface area contributed by atoms with Crippen LogP contribution in [-0.2, 0) is 4.79 Å². The van der Waals surface area contributed by atoms with Gasteiger partial charge in [-0.15, -0.1) is 0 Å². The summed E-state index contributed by atoms with van der Waals surface area (Å²) in [4.78, 5) is 22.1. The van der Waals surface area contributed by atoms with Crippen LogP contribution >= 0.6 is 0 Å². The molecule has 1 aromatic heterocycles. The zero-order valence-corrected chi connectivity index (χ0v) is 11.1. The van der Waals surface area contributed by atoms with Crippen molar-refractivity contribution in [3.63, 3.8) is 0 Å². The molecule has 0 spiro atoms. The highest BCUT2D eigenvalue weighted by Crippen LogP contribution is 2.17. The van der Waals surface area contributed by atoms with Crippen molar-refractivity contribution in [2.45, 2.75) is 13.0 Å². The van der Waals surface area contributed by atoms with Crippen LogP contribution in [0.3, 0.4) is 0 Å². The number of hydrogen-bond acceptors (Lipinski definition) is 5. The monoisotopic (exact) mass is 285 g/mol. The molecule has 1 amide bonds. The third-order valence-electron chi connectivity index (χ3n) is 2.86. The minimum absolute atomic E-state index is 0.327. The van der Waals surface area contributed by atoms with Crippen molar-refractivity contribution in [3.05, 3.63) is 52.2 Å². The van der Waals surface area contributed by atoms with Crippen LogP contribution < -0.4 is 5.32 Å². The van der Waals surface area contributed by atoms with E-state index < -0.39 is 16.9 Å². The Morgan fingerprint density at radius 3 is 2.81 bits per heavy atom. The van der Waals surface area contributed by atoms with Gasteiger partial charge in [-0.1, -0.05) is 12.1 Å². The highest BCUT2D eigenvalue weighted by Gasteiger charge is 2.22. The summed E-state index contributed by atoms with van der Waals surface area (Å²) in [5, 5.41) is 25.8. The molecule has 0 aliphatic heterocycles. The summed E-state index contributed by atoms with van der Waals surface area (Å²) >= 11 is 0. The predicted molar refractivity (Wildman–Crippen MR) is 73.4 cm³/mol. The van der Waals surface area contributed by atoms with E-state index in [0.717, 1.165) is 0 Å². The van der Waals surface area contributed by atoms with E-state index in [1.807, 2.05) is 6.07 Å². The molecule has 1 aromatic carbocycles. The number of rotatable bonds is 4. The van der Waals surface area contributed by atoms with Gasteiger partial charge in [0.1, 0.15) is 12.1 Å². The first kappa shape index (κ1) is 14.2. The normalized spacial score (nSPS) is 11.4. The molecule has 2 aromatic rings. The van der Waals surface area contributed by atoms with Gasteiger partial charge in [-0.25, -0.2) is 0 Å². The van der Waals surface area contributed by atoms with Gasteiger partial charge in [0.25, 0.3) is 5.91 Å². The van der Waals surface area contributed by atoms with Gasteiger partial charge in [-0.2, -0.15) is 9.94 Å². The maximum atomic E-state index is 12.1. The van der Waals surface area contributed by atoms with Crippen molar-refractivity contribution >= 4 is 17.4 Å². The second kappa shape index (κ2) is 5.83. The quantitative estimate of drug-likeness (QED) is 0.680. The zero-order chi connectivity index (χ0) is 15.4. The average Bonchev–Trinajstić information content (AvgIpc) is 2.97. The highest BCUT2D eigenvalue weighted by atomic mass is 16.6. The Balaban J connectivity index is 2.16. The molecule has 1 atom stereocenters. The Bertz CT molecular complexity index is 731. The lowest BCUT2D eigenvalue weighted by Crippen LogP contribution is -2.24. The Morgan fingerprint density at radius 1 is 1.48 bits per heavy atom. The summed E-state index contributed by atoms with van der Waals surface area (Å²) in [7, 11) is 0. The first-order chi connectivity index (χ1) is 10.0. The number of aromatic nitrogens is 2. The van der Waals surface area contributed by atoms with E-state index in [1.54, 1.807) is 31.2 Å². The number of nitrogens with one attached hydrogen (secondary N) is 1. The lowest BCUT2D eigenvalue weighted by Gasteiger charge is -2.11. The minimum atomic E-state index is -0.745. The SMILES string of the molecule is CC(C(=O)Nc1ccccc1C#N)n1ccc([N+](=O)[O-])n1. The van der Waals surface area contributed by atoms with Gasteiger partial charge in [0.15, 0.2) is 0 Å². The molecule has 1 N–H and O–H groups in total. The fraction of sp³-hybridized carbons (Fsp3) is 0.154. The Labute approximate surface area is 119 Å². The largest absolute Gasteiger partial charge is 0.389 e. The molecule has 0 saturated heterocycles. The standard InChI is InChI=1S/C13H11N5O3/c1-9(17-7-6-12(16-17)18(20)21)13(19)15-11-5-3-2-4-10(11)8-14/h2-7,9H,1H3,(H,15,19). The van der Waals surface area contributed by atoms with Gasteiger partial charge in [-0.05, 0) is 24.0 Å². The molecular weight excluding hydrogens is 274 g/mol. The van der Waals surface area contributed by atoms with Crippen LogP contribution in [0.15, 0.2) is 36.5 Å². The second-order valence-corrected chi connectivity index (χ2v) is 4.23. The van der Waals surface area contributed by atoms with Gasteiger partial charge in [0.05, 0.1) is 28.6 Å². The molecule has 0 aliphatic rings. The fourth-order valence-electron chi connectivity index (χ4n) is 1.69. The number of nitriles is 1. The molecule has 0 fully saturated rings. The molecular formula is C13H11N5O3. The Hall–Kier alpha value is -3.21. The number of benzene rings is 1. The third kappa shape index (κ3) is 3.03. The van der Waals surface area contributed by atoms with E-state index in [2.05, 4.69) is 10.4 Å². The molecule has 0 saturated carbocycles. The van der Waals surface area contributed by atoms with E-state index in [4.69, 9.17) is 5.26 Å². The lowest BCUT2D eigenvalue weighted by atomic mass is 10.2. The number of amides is 1. The van der Waals surface area contributed by atoms with Gasteiger partial charge >= 0.3 is 5.82 Å². The van der Waals surface area contributed by atoms with E-state index in [-0.39, 0.29) is 5.82 Å². The fourth-order valence-corrected chi connectivity index (χ4v) is 1.69. The maximum absolute atomic E-state index is 12.1. The first-order valence-corrected chi connectivity index (χ1v) is 6.02. The summed E-state index contributed by atoms with van der Waals surface area (Å²) < 4.78 is 1.20. The van der Waals surface area contributed by atoms with Gasteiger partial charge < -0.3 is 15.4 Å². The molecule has 21 heavy (non-hydrogen) atoms. The van der Waals surface area contributed by atoms with Gasteiger partial charge in [-0.3, -0.25) is 4.79 Å². The molecule has 8 heteroatoms. The van der Waals surface area contributed by atoms with Gasteiger partial charge in [0, 0.05) is 0 Å². The Kier molecular flexibility index (Phi) is 3.95. The minimum Gasteiger partial charge on any atom is -0.358 e. The van der Waals surface area contributed by atoms with E-state index in [0.29, 0.717) is 11.3 Å². The zero-order valence-electron chi connectivity index (χ0n) is 11.1. The number of nitrogens with zero attached hydrogens (tertiary/aromatic N) is 4. The van der Waals surface area contributed by atoms with Crippen LogP contribution in [0.4, 0.5) is 11.5 Å². The van der Waals surface area contributed by atoms with E-state index in [1.165, 1.54) is 16.9 Å². The third-order valence-corrected chi connectivity index (χ3v) is 2.86. The first-order valence-electron chi connectivity index (χ1n) is 6.02. The number of carbonyl (C=O) groups is 1. The van der Waals surface area contributed by atoms with Crippen molar-refractivity contribution in [3.8, 4) is 6.07 Å². The van der Waals surface area contributed by atoms with Crippen molar-refractivity contribution in [2.24, 2.45) is 0 Å². The molecule has 0 bridgehead atoms. The van der Waals surface area contributed by atoms with Crippen LogP contribution in [-0.4, -0.2) is 20.6 Å². The van der Waals surface area contributed by atoms with Crippen LogP contribution in [0.25, 0.3) is 0 Å². The number of anilines is 1.